The maximum atomic E-state index is 11.7. The van der Waals surface area contributed by atoms with E-state index in [2.05, 4.69) is 28.1 Å². The van der Waals surface area contributed by atoms with E-state index in [-0.39, 0.29) is 11.9 Å². The highest BCUT2D eigenvalue weighted by atomic mass is 16.5. The topological polar surface area (TPSA) is 113 Å². The van der Waals surface area contributed by atoms with Crippen molar-refractivity contribution in [1.29, 1.82) is 5.26 Å². The second kappa shape index (κ2) is 10.0. The van der Waals surface area contributed by atoms with E-state index in [1.54, 1.807) is 25.1 Å². The summed E-state index contributed by atoms with van der Waals surface area (Å²) >= 11 is 0. The third kappa shape index (κ3) is 6.20. The van der Waals surface area contributed by atoms with Gasteiger partial charge in [-0.2, -0.15) is 5.26 Å². The van der Waals surface area contributed by atoms with Gasteiger partial charge in [0.1, 0.15) is 5.75 Å². The van der Waals surface area contributed by atoms with Crippen molar-refractivity contribution < 1.29 is 9.53 Å². The van der Waals surface area contributed by atoms with Gasteiger partial charge in [-0.3, -0.25) is 4.79 Å². The number of nitriles is 1. The summed E-state index contributed by atoms with van der Waals surface area (Å²) in [5, 5.41) is 11.6. The van der Waals surface area contributed by atoms with Crippen LogP contribution in [0.4, 0.5) is 0 Å². The number of hydrogen-bond donors (Lipinski definition) is 2. The summed E-state index contributed by atoms with van der Waals surface area (Å²) in [6.45, 7) is 8.90. The summed E-state index contributed by atoms with van der Waals surface area (Å²) in [4.78, 5) is 19.5. The molecular weight excluding hydrogens is 318 g/mol. The third-order valence-corrected chi connectivity index (χ3v) is 3.37. The number of nitrogens with zero attached hydrogens (tertiary/aromatic N) is 3. The summed E-state index contributed by atoms with van der Waals surface area (Å²) in [7, 11) is 0. The summed E-state index contributed by atoms with van der Waals surface area (Å²) < 4.78 is 5.64. The molecule has 0 aliphatic carbocycles. The Morgan fingerprint density at radius 2 is 2.24 bits per heavy atom. The van der Waals surface area contributed by atoms with E-state index >= 15 is 0 Å². The molecule has 0 aliphatic rings. The van der Waals surface area contributed by atoms with Crippen molar-refractivity contribution in [2.24, 2.45) is 15.7 Å². The first kappa shape index (κ1) is 20.1. The Morgan fingerprint density at radius 1 is 1.52 bits per heavy atom. The maximum absolute atomic E-state index is 11.7. The molecule has 0 unspecified atom stereocenters. The Hall–Kier alpha value is -2.98. The summed E-state index contributed by atoms with van der Waals surface area (Å²) in [5.74, 6) is 0.275. The molecule has 0 saturated heterocycles. The summed E-state index contributed by atoms with van der Waals surface area (Å²) in [6.07, 6.45) is 2.65. The van der Waals surface area contributed by atoms with Crippen molar-refractivity contribution in [2.45, 2.75) is 39.7 Å². The lowest BCUT2D eigenvalue weighted by molar-refractivity contribution is -0.121. The molecule has 0 aliphatic heterocycles. The van der Waals surface area contributed by atoms with Crippen molar-refractivity contribution in [3.63, 3.8) is 0 Å². The van der Waals surface area contributed by atoms with Gasteiger partial charge in [0.15, 0.2) is 0 Å². The van der Waals surface area contributed by atoms with E-state index in [1.165, 1.54) is 6.20 Å². The van der Waals surface area contributed by atoms with Gasteiger partial charge in [0, 0.05) is 5.70 Å². The largest absolute Gasteiger partial charge is 0.424 e. The number of aryl methyl sites for hydroxylation is 1. The summed E-state index contributed by atoms with van der Waals surface area (Å²) in [5.41, 5.74) is 7.58. The highest BCUT2D eigenvalue weighted by molar-refractivity contribution is 5.83. The van der Waals surface area contributed by atoms with Crippen molar-refractivity contribution in [3.05, 3.63) is 41.2 Å². The lowest BCUT2D eigenvalue weighted by Gasteiger charge is -2.10. The molecule has 0 heterocycles. The first-order valence-electron chi connectivity index (χ1n) is 7.93. The van der Waals surface area contributed by atoms with Crippen molar-refractivity contribution >= 4 is 18.6 Å². The molecule has 25 heavy (non-hydrogen) atoms. The van der Waals surface area contributed by atoms with Crippen LogP contribution >= 0.6 is 0 Å². The van der Waals surface area contributed by atoms with Crippen LogP contribution in [-0.2, 0) is 11.2 Å². The molecule has 1 amide bonds. The molecule has 0 spiro atoms. The zero-order chi connectivity index (χ0) is 18.8. The van der Waals surface area contributed by atoms with Crippen molar-refractivity contribution in [2.75, 3.05) is 0 Å². The van der Waals surface area contributed by atoms with Crippen LogP contribution in [0.3, 0.4) is 0 Å². The number of hydrogen-bond acceptors (Lipinski definition) is 5. The van der Waals surface area contributed by atoms with Gasteiger partial charge >= 0.3 is 6.02 Å². The van der Waals surface area contributed by atoms with E-state index < -0.39 is 6.04 Å². The quantitative estimate of drug-likeness (QED) is 0.610. The smallest absolute Gasteiger partial charge is 0.321 e. The highest BCUT2D eigenvalue weighted by Crippen LogP contribution is 2.21. The van der Waals surface area contributed by atoms with Crippen LogP contribution in [0.25, 0.3) is 0 Å². The van der Waals surface area contributed by atoms with E-state index in [0.29, 0.717) is 29.9 Å². The molecule has 0 radical (unpaired) electrons. The second-order valence-corrected chi connectivity index (χ2v) is 5.28. The zero-order valence-electron chi connectivity index (χ0n) is 14.7. The Kier molecular flexibility index (Phi) is 8.03. The molecule has 1 atom stereocenters. The fourth-order valence-corrected chi connectivity index (χ4v) is 1.88. The normalized spacial score (nSPS) is 12.9. The van der Waals surface area contributed by atoms with Gasteiger partial charge in [0.25, 0.3) is 0 Å². The molecule has 1 rings (SSSR count). The van der Waals surface area contributed by atoms with Crippen LogP contribution in [0.1, 0.15) is 38.3 Å². The molecule has 0 bridgehead atoms. The molecule has 0 saturated carbocycles. The number of ether oxygens (including phenoxy) is 1. The number of carbonyl (C=O) groups excluding carboxylic acids is 1. The van der Waals surface area contributed by atoms with Gasteiger partial charge in [0.05, 0.1) is 23.9 Å². The standard InChI is InChI=1S/C18H23N5O2/c1-5-14-9-13(10-19)7-8-16(14)25-18(21-4)22-11-12(3)23-17(24)15(20)6-2/h7-9,11,15H,4-6,20H2,1-3H3,(H,23,24)/b12-11+,22-18?/t15-/m1/s1. The summed E-state index contributed by atoms with van der Waals surface area (Å²) in [6, 6.07) is 6.66. The number of amidine groups is 1. The van der Waals surface area contributed by atoms with Crippen molar-refractivity contribution in [1.82, 2.24) is 5.32 Å². The zero-order valence-corrected chi connectivity index (χ0v) is 14.7. The molecule has 3 N–H and O–H groups in total. The van der Waals surface area contributed by atoms with Crippen LogP contribution in [0.2, 0.25) is 0 Å². The van der Waals surface area contributed by atoms with E-state index in [1.807, 2.05) is 13.8 Å². The minimum absolute atomic E-state index is 0.0350. The fourth-order valence-electron chi connectivity index (χ4n) is 1.88. The maximum Gasteiger partial charge on any atom is 0.321 e. The predicted molar refractivity (Wildman–Crippen MR) is 98.3 cm³/mol. The number of carbonyl (C=O) groups is 1. The SMILES string of the molecule is C=NC(=N/C=C(\C)NC(=O)[C@H](N)CC)Oc1ccc(C#N)cc1CC. The third-order valence-electron chi connectivity index (χ3n) is 3.37. The second-order valence-electron chi connectivity index (χ2n) is 5.28. The number of rotatable bonds is 6. The molecule has 0 aromatic heterocycles. The highest BCUT2D eigenvalue weighted by Gasteiger charge is 2.10. The van der Waals surface area contributed by atoms with E-state index in [9.17, 15) is 4.79 Å². The van der Waals surface area contributed by atoms with Gasteiger partial charge in [-0.05, 0) is 50.2 Å². The lowest BCUT2D eigenvalue weighted by Crippen LogP contribution is -2.39. The average molecular weight is 341 g/mol. The minimum Gasteiger partial charge on any atom is -0.424 e. The molecular formula is C18H23N5O2. The fraction of sp³-hybridized carbons (Fsp3) is 0.333. The molecule has 7 nitrogen and oxygen atoms in total. The van der Waals surface area contributed by atoms with Crippen LogP contribution in [0.5, 0.6) is 5.75 Å². The number of aliphatic imine (C=N–C) groups is 2. The van der Waals surface area contributed by atoms with Gasteiger partial charge in [-0.15, -0.1) is 0 Å². The van der Waals surface area contributed by atoms with Crippen LogP contribution in [-0.4, -0.2) is 24.7 Å². The number of nitrogens with one attached hydrogen (secondary N) is 1. The van der Waals surface area contributed by atoms with Gasteiger partial charge in [-0.25, -0.2) is 9.98 Å². The molecule has 132 valence electrons. The first-order chi connectivity index (χ1) is 11.9. The Balaban J connectivity index is 2.90. The average Bonchev–Trinajstić information content (AvgIpc) is 2.64. The molecule has 0 fully saturated rings. The molecule has 1 aromatic carbocycles. The van der Waals surface area contributed by atoms with E-state index in [0.717, 1.165) is 5.56 Å². The van der Waals surface area contributed by atoms with Crippen LogP contribution in [0.15, 0.2) is 40.1 Å². The number of benzene rings is 1. The number of allylic oxidation sites excluding steroid dienone is 1. The van der Waals surface area contributed by atoms with Gasteiger partial charge < -0.3 is 15.8 Å². The minimum atomic E-state index is -0.564. The monoisotopic (exact) mass is 341 g/mol. The van der Waals surface area contributed by atoms with Crippen molar-refractivity contribution in [3.8, 4) is 11.8 Å². The molecule has 7 heteroatoms. The van der Waals surface area contributed by atoms with Gasteiger partial charge in [0.2, 0.25) is 5.91 Å². The van der Waals surface area contributed by atoms with E-state index in [4.69, 9.17) is 15.7 Å². The van der Waals surface area contributed by atoms with Crippen LogP contribution < -0.4 is 15.8 Å². The van der Waals surface area contributed by atoms with Crippen LogP contribution in [0, 0.1) is 11.3 Å². The number of amides is 1. The number of nitrogens with two attached hydrogens (primary N) is 1. The molecule has 1 aromatic rings. The lowest BCUT2D eigenvalue weighted by atomic mass is 10.1. The predicted octanol–water partition coefficient (Wildman–Crippen LogP) is 2.27. The Labute approximate surface area is 147 Å². The first-order valence-corrected chi connectivity index (χ1v) is 7.93. The Morgan fingerprint density at radius 3 is 2.80 bits per heavy atom. The Bertz CT molecular complexity index is 731. The van der Waals surface area contributed by atoms with Gasteiger partial charge in [-0.1, -0.05) is 13.8 Å².